The van der Waals surface area contributed by atoms with Crippen molar-refractivity contribution in [2.75, 3.05) is 19.1 Å². The molecular weight excluding hydrogens is 140 g/mol. The second kappa shape index (κ2) is 3.40. The predicted molar refractivity (Wildman–Crippen MR) is 35.7 cm³/mol. The minimum absolute atomic E-state index is 0.280. The molecule has 0 aromatic rings. The summed E-state index contributed by atoms with van der Waals surface area (Å²) in [6, 6.07) is 0. The van der Waals surface area contributed by atoms with Crippen LogP contribution in [0.4, 0.5) is 0 Å². The van der Waals surface area contributed by atoms with Crippen LogP contribution in [0, 0.1) is 5.92 Å². The third-order valence-corrected chi connectivity index (χ3v) is 1.98. The zero-order chi connectivity index (χ0) is 6.69. The molecule has 0 saturated carbocycles. The van der Waals surface area contributed by atoms with Crippen LogP contribution in [0.5, 0.6) is 0 Å². The van der Waals surface area contributed by atoms with E-state index in [9.17, 15) is 0 Å². The lowest BCUT2D eigenvalue weighted by molar-refractivity contribution is 0.108. The molecule has 1 fully saturated rings. The van der Waals surface area contributed by atoms with Crippen LogP contribution in [-0.2, 0) is 4.74 Å². The Kier molecular flexibility index (Phi) is 2.76. The fourth-order valence-corrected chi connectivity index (χ4v) is 1.23. The van der Waals surface area contributed by atoms with Crippen LogP contribution in [0.15, 0.2) is 0 Å². The molecule has 2 nitrogen and oxygen atoms in total. The van der Waals surface area contributed by atoms with Gasteiger partial charge in [0.05, 0.1) is 12.7 Å². The fraction of sp³-hybridized carbons (Fsp3) is 1.00. The first-order valence-electron chi connectivity index (χ1n) is 3.16. The van der Waals surface area contributed by atoms with Gasteiger partial charge in [0.1, 0.15) is 0 Å². The van der Waals surface area contributed by atoms with E-state index < -0.39 is 0 Å². The standard InChI is InChI=1S/C6H11ClO2/c7-3-6(8)5-1-2-9-4-5/h5-6,8H,1-4H2/t5?,6-/m1/s1. The summed E-state index contributed by atoms with van der Waals surface area (Å²) in [5.41, 5.74) is 0. The van der Waals surface area contributed by atoms with Crippen molar-refractivity contribution in [1.29, 1.82) is 0 Å². The van der Waals surface area contributed by atoms with Crippen molar-refractivity contribution in [3.05, 3.63) is 0 Å². The maximum Gasteiger partial charge on any atom is 0.0726 e. The first-order chi connectivity index (χ1) is 4.34. The summed E-state index contributed by atoms with van der Waals surface area (Å²) in [5, 5.41) is 9.15. The Morgan fingerprint density at radius 3 is 3.00 bits per heavy atom. The maximum atomic E-state index is 9.15. The van der Waals surface area contributed by atoms with E-state index in [1.807, 2.05) is 0 Å². The Labute approximate surface area is 59.8 Å². The third-order valence-electron chi connectivity index (χ3n) is 1.67. The van der Waals surface area contributed by atoms with Gasteiger partial charge in [-0.1, -0.05) is 0 Å². The van der Waals surface area contributed by atoms with Crippen molar-refractivity contribution in [2.24, 2.45) is 5.92 Å². The smallest absolute Gasteiger partial charge is 0.0726 e. The van der Waals surface area contributed by atoms with E-state index in [4.69, 9.17) is 21.4 Å². The normalized spacial score (nSPS) is 30.7. The van der Waals surface area contributed by atoms with Crippen molar-refractivity contribution < 1.29 is 9.84 Å². The third kappa shape index (κ3) is 1.81. The molecule has 9 heavy (non-hydrogen) atoms. The molecule has 0 aromatic carbocycles. The zero-order valence-corrected chi connectivity index (χ0v) is 5.97. The molecule has 1 saturated heterocycles. The van der Waals surface area contributed by atoms with E-state index >= 15 is 0 Å². The second-order valence-electron chi connectivity index (χ2n) is 2.35. The molecular formula is C6H11ClO2. The largest absolute Gasteiger partial charge is 0.392 e. The minimum Gasteiger partial charge on any atom is -0.392 e. The molecule has 54 valence electrons. The Bertz CT molecular complexity index is 81.1. The lowest BCUT2D eigenvalue weighted by Crippen LogP contribution is -2.21. The summed E-state index contributed by atoms with van der Waals surface area (Å²) in [6.07, 6.45) is 0.586. The van der Waals surface area contributed by atoms with Crippen LogP contribution in [0.3, 0.4) is 0 Å². The lowest BCUT2D eigenvalue weighted by atomic mass is 10.0. The van der Waals surface area contributed by atoms with Gasteiger partial charge >= 0.3 is 0 Å². The highest BCUT2D eigenvalue weighted by Crippen LogP contribution is 2.16. The second-order valence-corrected chi connectivity index (χ2v) is 2.65. The Hall–Kier alpha value is 0.210. The van der Waals surface area contributed by atoms with E-state index in [0.717, 1.165) is 13.0 Å². The molecule has 1 unspecified atom stereocenters. The summed E-state index contributed by atoms with van der Waals surface area (Å²) in [6.45, 7) is 1.45. The molecule has 0 radical (unpaired) electrons. The van der Waals surface area contributed by atoms with Gasteiger partial charge < -0.3 is 9.84 Å². The molecule has 0 amide bonds. The van der Waals surface area contributed by atoms with E-state index in [-0.39, 0.29) is 12.0 Å². The summed E-state index contributed by atoms with van der Waals surface area (Å²) in [5.74, 6) is 0.607. The number of aliphatic hydroxyl groups excluding tert-OH is 1. The summed E-state index contributed by atoms with van der Waals surface area (Å²) < 4.78 is 5.06. The van der Waals surface area contributed by atoms with E-state index in [0.29, 0.717) is 12.5 Å². The summed E-state index contributed by atoms with van der Waals surface area (Å²) in [4.78, 5) is 0. The number of halogens is 1. The highest BCUT2D eigenvalue weighted by Gasteiger charge is 2.22. The molecule has 1 aliphatic rings. The SMILES string of the molecule is O[C@H](CCl)C1CCOC1. The molecule has 2 atom stereocenters. The summed E-state index contributed by atoms with van der Waals surface area (Å²) in [7, 11) is 0. The van der Waals surface area contributed by atoms with Gasteiger partial charge in [-0.05, 0) is 6.42 Å². The topological polar surface area (TPSA) is 29.5 Å². The van der Waals surface area contributed by atoms with Gasteiger partial charge in [0.25, 0.3) is 0 Å². The molecule has 0 aliphatic carbocycles. The molecule has 1 heterocycles. The van der Waals surface area contributed by atoms with Gasteiger partial charge in [0.15, 0.2) is 0 Å². The Morgan fingerprint density at radius 1 is 1.78 bits per heavy atom. The van der Waals surface area contributed by atoms with Gasteiger partial charge in [0.2, 0.25) is 0 Å². The van der Waals surface area contributed by atoms with Crippen LogP contribution >= 0.6 is 11.6 Å². The quantitative estimate of drug-likeness (QED) is 0.585. The van der Waals surface area contributed by atoms with E-state index in [1.165, 1.54) is 0 Å². The van der Waals surface area contributed by atoms with Crippen LogP contribution in [0.2, 0.25) is 0 Å². The Morgan fingerprint density at radius 2 is 2.56 bits per heavy atom. The monoisotopic (exact) mass is 150 g/mol. The van der Waals surface area contributed by atoms with Crippen molar-refractivity contribution >= 4 is 11.6 Å². The van der Waals surface area contributed by atoms with Crippen molar-refractivity contribution in [2.45, 2.75) is 12.5 Å². The van der Waals surface area contributed by atoms with Gasteiger partial charge in [-0.2, -0.15) is 0 Å². The molecule has 1 rings (SSSR count). The molecule has 3 heteroatoms. The first-order valence-corrected chi connectivity index (χ1v) is 3.70. The number of hydrogen-bond acceptors (Lipinski definition) is 2. The average Bonchev–Trinajstić information content (AvgIpc) is 2.37. The van der Waals surface area contributed by atoms with E-state index in [2.05, 4.69) is 0 Å². The summed E-state index contributed by atoms with van der Waals surface area (Å²) >= 11 is 5.43. The van der Waals surface area contributed by atoms with Gasteiger partial charge in [-0.3, -0.25) is 0 Å². The number of ether oxygens (including phenoxy) is 1. The zero-order valence-electron chi connectivity index (χ0n) is 5.22. The molecule has 0 spiro atoms. The van der Waals surface area contributed by atoms with Gasteiger partial charge in [0, 0.05) is 18.4 Å². The molecule has 0 bridgehead atoms. The van der Waals surface area contributed by atoms with Crippen molar-refractivity contribution in [3.63, 3.8) is 0 Å². The van der Waals surface area contributed by atoms with Crippen LogP contribution in [0.25, 0.3) is 0 Å². The molecule has 1 N–H and O–H groups in total. The predicted octanol–water partition coefficient (Wildman–Crippen LogP) is 0.623. The number of rotatable bonds is 2. The Balaban J connectivity index is 2.24. The lowest BCUT2D eigenvalue weighted by Gasteiger charge is -2.11. The van der Waals surface area contributed by atoms with Crippen LogP contribution < -0.4 is 0 Å². The highest BCUT2D eigenvalue weighted by molar-refractivity contribution is 6.18. The average molecular weight is 151 g/mol. The van der Waals surface area contributed by atoms with Crippen molar-refractivity contribution in [1.82, 2.24) is 0 Å². The highest BCUT2D eigenvalue weighted by atomic mass is 35.5. The van der Waals surface area contributed by atoms with Gasteiger partial charge in [-0.25, -0.2) is 0 Å². The number of aliphatic hydroxyl groups is 1. The van der Waals surface area contributed by atoms with Crippen molar-refractivity contribution in [3.8, 4) is 0 Å². The number of alkyl halides is 1. The minimum atomic E-state index is -0.367. The maximum absolute atomic E-state index is 9.15. The first kappa shape index (κ1) is 7.32. The molecule has 1 aliphatic heterocycles. The van der Waals surface area contributed by atoms with E-state index in [1.54, 1.807) is 0 Å². The molecule has 0 aromatic heterocycles. The van der Waals surface area contributed by atoms with Crippen LogP contribution in [0.1, 0.15) is 6.42 Å². The van der Waals surface area contributed by atoms with Gasteiger partial charge in [-0.15, -0.1) is 11.6 Å². The number of hydrogen-bond donors (Lipinski definition) is 1. The fourth-order valence-electron chi connectivity index (χ4n) is 0.982. The van der Waals surface area contributed by atoms with Crippen LogP contribution in [-0.4, -0.2) is 30.3 Å².